The molecule has 1 unspecified atom stereocenters. The number of ether oxygens (including phenoxy) is 1. The number of carbonyl (C=O) groups excluding carboxylic acids is 1. The molecule has 1 aliphatic rings. The van der Waals surface area contributed by atoms with E-state index in [9.17, 15) is 4.79 Å². The molecule has 25 heavy (non-hydrogen) atoms. The molecule has 1 N–H and O–H groups in total. The number of rotatable bonds is 3. The van der Waals surface area contributed by atoms with E-state index in [4.69, 9.17) is 4.74 Å². The zero-order valence-electron chi connectivity index (χ0n) is 14.2. The fourth-order valence-corrected chi connectivity index (χ4v) is 2.92. The molecule has 8 nitrogen and oxygen atoms in total. The summed E-state index contributed by atoms with van der Waals surface area (Å²) >= 11 is 0. The molecule has 0 saturated carbocycles. The average molecular weight is 340 g/mol. The van der Waals surface area contributed by atoms with Crippen molar-refractivity contribution in [3.05, 3.63) is 47.9 Å². The van der Waals surface area contributed by atoms with E-state index in [0.717, 1.165) is 11.5 Å². The fourth-order valence-electron chi connectivity index (χ4n) is 2.92. The van der Waals surface area contributed by atoms with Crippen molar-refractivity contribution in [3.63, 3.8) is 0 Å². The molecule has 0 bridgehead atoms. The van der Waals surface area contributed by atoms with E-state index in [-0.39, 0.29) is 17.9 Å². The summed E-state index contributed by atoms with van der Waals surface area (Å²) < 4.78 is 7.63. The van der Waals surface area contributed by atoms with Crippen molar-refractivity contribution in [2.75, 3.05) is 19.7 Å². The predicted molar refractivity (Wildman–Crippen MR) is 90.3 cm³/mol. The average Bonchev–Trinajstić information content (AvgIpc) is 3.30. The van der Waals surface area contributed by atoms with Gasteiger partial charge in [0.05, 0.1) is 18.7 Å². The second-order valence-corrected chi connectivity index (χ2v) is 6.45. The second kappa shape index (κ2) is 6.29. The second-order valence-electron chi connectivity index (χ2n) is 6.45. The molecular formula is C17H20N6O2. The van der Waals surface area contributed by atoms with Crippen LogP contribution in [0.4, 0.5) is 0 Å². The predicted octanol–water partition coefficient (Wildman–Crippen LogP) is 1.79. The van der Waals surface area contributed by atoms with Crippen molar-refractivity contribution >= 4 is 11.6 Å². The quantitative estimate of drug-likeness (QED) is 0.785. The zero-order chi connectivity index (χ0) is 17.4. The minimum atomic E-state index is -0.283. The van der Waals surface area contributed by atoms with Crippen LogP contribution in [0.15, 0.2) is 30.7 Å². The largest absolute Gasteiger partial charge is 0.367 e. The van der Waals surface area contributed by atoms with Crippen molar-refractivity contribution < 1.29 is 9.53 Å². The van der Waals surface area contributed by atoms with Gasteiger partial charge < -0.3 is 14.0 Å². The van der Waals surface area contributed by atoms with Gasteiger partial charge in [0.25, 0.3) is 5.91 Å². The maximum atomic E-state index is 12.8. The summed E-state index contributed by atoms with van der Waals surface area (Å²) in [5, 5.41) is 7.16. The van der Waals surface area contributed by atoms with Crippen LogP contribution in [0.2, 0.25) is 0 Å². The number of aromatic amines is 1. The Morgan fingerprint density at radius 2 is 2.28 bits per heavy atom. The number of nitrogens with one attached hydrogen (secondary N) is 1. The lowest BCUT2D eigenvalue weighted by Gasteiger charge is -2.31. The number of amides is 1. The SMILES string of the molecule is CC(C)c1n[nH]c(C2CN(C(=O)c3ccc4nccn4c3)CCO2)n1. The number of hydrogen-bond acceptors (Lipinski definition) is 5. The Kier molecular flexibility index (Phi) is 3.96. The Morgan fingerprint density at radius 3 is 3.08 bits per heavy atom. The lowest BCUT2D eigenvalue weighted by atomic mass is 10.2. The smallest absolute Gasteiger partial charge is 0.255 e. The maximum absolute atomic E-state index is 12.8. The van der Waals surface area contributed by atoms with Crippen LogP contribution in [0.5, 0.6) is 0 Å². The Labute approximate surface area is 144 Å². The van der Waals surface area contributed by atoms with Gasteiger partial charge in [0, 0.05) is 31.1 Å². The molecule has 3 aromatic rings. The monoisotopic (exact) mass is 340 g/mol. The number of imidazole rings is 1. The molecule has 0 spiro atoms. The molecular weight excluding hydrogens is 320 g/mol. The molecule has 1 saturated heterocycles. The number of morpholine rings is 1. The molecule has 0 aliphatic carbocycles. The van der Waals surface area contributed by atoms with Crippen LogP contribution in [0.1, 0.15) is 47.9 Å². The van der Waals surface area contributed by atoms with Gasteiger partial charge in [-0.3, -0.25) is 9.89 Å². The summed E-state index contributed by atoms with van der Waals surface area (Å²) in [7, 11) is 0. The topological polar surface area (TPSA) is 88.4 Å². The molecule has 8 heteroatoms. The van der Waals surface area contributed by atoms with Crippen LogP contribution in [0, 0.1) is 0 Å². The van der Waals surface area contributed by atoms with Crippen molar-refractivity contribution in [3.8, 4) is 0 Å². The van der Waals surface area contributed by atoms with Crippen LogP contribution in [-0.2, 0) is 4.74 Å². The highest BCUT2D eigenvalue weighted by atomic mass is 16.5. The summed E-state index contributed by atoms with van der Waals surface area (Å²) in [4.78, 5) is 23.3. The first-order chi connectivity index (χ1) is 12.1. The summed E-state index contributed by atoms with van der Waals surface area (Å²) in [5.74, 6) is 1.65. The number of carbonyl (C=O) groups is 1. The molecule has 1 fully saturated rings. The van der Waals surface area contributed by atoms with Crippen molar-refractivity contribution in [1.29, 1.82) is 0 Å². The molecule has 4 heterocycles. The molecule has 0 aromatic carbocycles. The van der Waals surface area contributed by atoms with E-state index in [1.807, 2.05) is 30.5 Å². The van der Waals surface area contributed by atoms with Crippen molar-refractivity contribution in [2.45, 2.75) is 25.9 Å². The summed E-state index contributed by atoms with van der Waals surface area (Å²) in [6.45, 7) is 5.56. The van der Waals surface area contributed by atoms with Gasteiger partial charge in [-0.05, 0) is 12.1 Å². The fraction of sp³-hybridized carbons (Fsp3) is 0.412. The number of hydrogen-bond donors (Lipinski definition) is 1. The third kappa shape index (κ3) is 3.00. The molecule has 0 radical (unpaired) electrons. The molecule has 4 rings (SSSR count). The first kappa shape index (κ1) is 15.8. The van der Waals surface area contributed by atoms with E-state index in [2.05, 4.69) is 20.2 Å². The van der Waals surface area contributed by atoms with Gasteiger partial charge in [-0.2, -0.15) is 5.10 Å². The normalized spacial score (nSPS) is 18.2. The van der Waals surface area contributed by atoms with E-state index in [0.29, 0.717) is 31.1 Å². The zero-order valence-corrected chi connectivity index (χ0v) is 14.2. The van der Waals surface area contributed by atoms with Gasteiger partial charge >= 0.3 is 0 Å². The van der Waals surface area contributed by atoms with Crippen LogP contribution in [0.3, 0.4) is 0 Å². The van der Waals surface area contributed by atoms with E-state index < -0.39 is 0 Å². The number of aromatic nitrogens is 5. The standard InChI is InChI=1S/C17H20N6O2/c1-11(2)15-19-16(21-20-15)13-10-23(7-8-25-13)17(24)12-3-4-14-18-5-6-22(14)9-12/h3-6,9,11,13H,7-8,10H2,1-2H3,(H,19,20,21). The summed E-state index contributed by atoms with van der Waals surface area (Å²) in [6, 6.07) is 3.65. The van der Waals surface area contributed by atoms with Crippen LogP contribution in [-0.4, -0.2) is 55.1 Å². The van der Waals surface area contributed by atoms with Gasteiger partial charge in [-0.25, -0.2) is 9.97 Å². The Hall–Kier alpha value is -2.74. The van der Waals surface area contributed by atoms with E-state index in [1.54, 1.807) is 23.4 Å². The Bertz CT molecular complexity index is 899. The Morgan fingerprint density at radius 1 is 1.40 bits per heavy atom. The van der Waals surface area contributed by atoms with Crippen LogP contribution >= 0.6 is 0 Å². The minimum Gasteiger partial charge on any atom is -0.367 e. The molecule has 3 aromatic heterocycles. The first-order valence-corrected chi connectivity index (χ1v) is 8.37. The number of nitrogens with zero attached hydrogens (tertiary/aromatic N) is 5. The molecule has 1 atom stereocenters. The number of H-pyrrole nitrogens is 1. The third-order valence-electron chi connectivity index (χ3n) is 4.33. The van der Waals surface area contributed by atoms with Gasteiger partial charge in [-0.15, -0.1) is 0 Å². The first-order valence-electron chi connectivity index (χ1n) is 8.37. The molecule has 130 valence electrons. The van der Waals surface area contributed by atoms with Crippen LogP contribution < -0.4 is 0 Å². The lowest BCUT2D eigenvalue weighted by Crippen LogP contribution is -2.42. The molecule has 1 amide bonds. The van der Waals surface area contributed by atoms with Gasteiger partial charge in [0.2, 0.25) is 0 Å². The third-order valence-corrected chi connectivity index (χ3v) is 4.33. The maximum Gasteiger partial charge on any atom is 0.255 e. The van der Waals surface area contributed by atoms with Crippen LogP contribution in [0.25, 0.3) is 5.65 Å². The number of pyridine rings is 1. The van der Waals surface area contributed by atoms with E-state index in [1.165, 1.54) is 0 Å². The lowest BCUT2D eigenvalue weighted by molar-refractivity contribution is -0.0267. The summed E-state index contributed by atoms with van der Waals surface area (Å²) in [5.41, 5.74) is 1.45. The minimum absolute atomic E-state index is 0.0208. The van der Waals surface area contributed by atoms with Crippen molar-refractivity contribution in [1.82, 2.24) is 29.5 Å². The highest BCUT2D eigenvalue weighted by molar-refractivity contribution is 5.94. The highest BCUT2D eigenvalue weighted by Gasteiger charge is 2.28. The summed E-state index contributed by atoms with van der Waals surface area (Å²) in [6.07, 6.45) is 5.07. The molecule has 1 aliphatic heterocycles. The Balaban J connectivity index is 1.52. The number of fused-ring (bicyclic) bond motifs is 1. The van der Waals surface area contributed by atoms with E-state index >= 15 is 0 Å². The van der Waals surface area contributed by atoms with Crippen molar-refractivity contribution in [2.24, 2.45) is 0 Å². The van der Waals surface area contributed by atoms with Gasteiger partial charge in [0.1, 0.15) is 11.8 Å². The van der Waals surface area contributed by atoms with Gasteiger partial charge in [-0.1, -0.05) is 13.8 Å². The highest BCUT2D eigenvalue weighted by Crippen LogP contribution is 2.22. The van der Waals surface area contributed by atoms with Gasteiger partial charge in [0.15, 0.2) is 11.6 Å².